The maximum Gasteiger partial charge on any atom is 0.417 e. The highest BCUT2D eigenvalue weighted by atomic mass is 35.5. The number of ether oxygens (including phenoxy) is 1. The Labute approximate surface area is 184 Å². The van der Waals surface area contributed by atoms with Crippen molar-refractivity contribution in [3.05, 3.63) is 71.1 Å². The normalized spacial score (nSPS) is 10.9. The van der Waals surface area contributed by atoms with Gasteiger partial charge in [0.2, 0.25) is 11.7 Å². The Morgan fingerprint density at radius 1 is 1.00 bits per heavy atom. The number of rotatable bonds is 5. The number of anilines is 2. The molecule has 1 aromatic heterocycles. The molecule has 3 N–H and O–H groups in total. The molecule has 166 valence electrons. The molecule has 8 nitrogen and oxygen atoms in total. The first-order valence-electron chi connectivity index (χ1n) is 8.93. The summed E-state index contributed by atoms with van der Waals surface area (Å²) in [6.45, 7) is 0. The molecule has 0 bridgehead atoms. The van der Waals surface area contributed by atoms with E-state index >= 15 is 0 Å². The number of carbonyl (C=O) groups excluding carboxylic acids is 2. The van der Waals surface area contributed by atoms with Gasteiger partial charge in [-0.2, -0.15) is 18.2 Å². The van der Waals surface area contributed by atoms with E-state index in [-0.39, 0.29) is 17.4 Å². The number of carbonyl (C=O) groups is 2. The molecule has 0 atom stereocenters. The Balaban J connectivity index is 1.62. The molecule has 1 heterocycles. The number of hydrogen-bond acceptors (Lipinski definition) is 5. The van der Waals surface area contributed by atoms with E-state index in [9.17, 15) is 22.8 Å². The molecule has 3 rings (SSSR count). The van der Waals surface area contributed by atoms with Crippen LogP contribution in [0.2, 0.25) is 5.02 Å². The van der Waals surface area contributed by atoms with Crippen LogP contribution in [0.3, 0.4) is 0 Å². The molecular formula is C20H15ClF3N5O3. The smallest absolute Gasteiger partial charge is 0.417 e. The Hall–Kier alpha value is -3.86. The minimum absolute atomic E-state index is 0.0594. The van der Waals surface area contributed by atoms with E-state index in [1.165, 1.54) is 49.6 Å². The van der Waals surface area contributed by atoms with Crippen molar-refractivity contribution in [2.45, 2.75) is 6.18 Å². The van der Waals surface area contributed by atoms with E-state index < -0.39 is 28.7 Å². The Kier molecular flexibility index (Phi) is 6.79. The lowest BCUT2D eigenvalue weighted by molar-refractivity contribution is -0.137. The topological polar surface area (TPSA) is 105 Å². The molecule has 0 radical (unpaired) electrons. The average molecular weight is 466 g/mol. The number of urea groups is 1. The van der Waals surface area contributed by atoms with Crippen LogP contribution >= 0.6 is 11.6 Å². The van der Waals surface area contributed by atoms with Crippen molar-refractivity contribution in [2.75, 3.05) is 17.7 Å². The van der Waals surface area contributed by atoms with Crippen molar-refractivity contribution in [2.24, 2.45) is 0 Å². The summed E-state index contributed by atoms with van der Waals surface area (Å²) in [4.78, 5) is 31.5. The van der Waals surface area contributed by atoms with Gasteiger partial charge in [0.1, 0.15) is 5.75 Å². The number of hydrogen-bond donors (Lipinski definition) is 3. The molecule has 0 saturated carbocycles. The molecule has 0 spiro atoms. The van der Waals surface area contributed by atoms with Crippen LogP contribution in [0.15, 0.2) is 54.7 Å². The molecule has 32 heavy (non-hydrogen) atoms. The SMILES string of the molecule is CNC(=O)c1nccc(Oc2ccc(NC(=O)Nc3ccc(Cl)c(C(F)(F)F)c3)cc2)n1. The van der Waals surface area contributed by atoms with Gasteiger partial charge < -0.3 is 20.7 Å². The zero-order valence-electron chi connectivity index (χ0n) is 16.3. The van der Waals surface area contributed by atoms with Gasteiger partial charge in [-0.05, 0) is 42.5 Å². The molecule has 2 aromatic carbocycles. The second-order valence-corrected chi connectivity index (χ2v) is 6.60. The summed E-state index contributed by atoms with van der Waals surface area (Å²) in [6, 6.07) is 9.85. The second-order valence-electron chi connectivity index (χ2n) is 6.20. The average Bonchev–Trinajstić information content (AvgIpc) is 2.75. The molecular weight excluding hydrogens is 451 g/mol. The van der Waals surface area contributed by atoms with Crippen molar-refractivity contribution >= 4 is 34.9 Å². The third-order valence-corrected chi connectivity index (χ3v) is 4.25. The molecule has 0 aliphatic carbocycles. The minimum Gasteiger partial charge on any atom is -0.439 e. The zero-order chi connectivity index (χ0) is 23.3. The van der Waals surface area contributed by atoms with Gasteiger partial charge in [0.05, 0.1) is 10.6 Å². The standard InChI is InChI=1S/C20H15ClF3N5O3/c1-25-18(30)17-26-9-8-16(29-17)32-13-5-2-11(3-6-13)27-19(31)28-12-4-7-15(21)14(10-12)20(22,23)24/h2-10H,1H3,(H,25,30)(H2,27,28,31). The van der Waals surface area contributed by atoms with Crippen molar-refractivity contribution < 1.29 is 27.5 Å². The monoisotopic (exact) mass is 465 g/mol. The molecule has 0 unspecified atom stereocenters. The van der Waals surface area contributed by atoms with E-state index in [4.69, 9.17) is 16.3 Å². The van der Waals surface area contributed by atoms with Gasteiger partial charge in [-0.1, -0.05) is 11.6 Å². The van der Waals surface area contributed by atoms with Crippen LogP contribution in [0.25, 0.3) is 0 Å². The highest BCUT2D eigenvalue weighted by Crippen LogP contribution is 2.36. The van der Waals surface area contributed by atoms with Gasteiger partial charge in [-0.15, -0.1) is 0 Å². The zero-order valence-corrected chi connectivity index (χ0v) is 17.1. The first-order valence-corrected chi connectivity index (χ1v) is 9.31. The van der Waals surface area contributed by atoms with Crippen molar-refractivity contribution in [3.63, 3.8) is 0 Å². The van der Waals surface area contributed by atoms with Gasteiger partial charge >= 0.3 is 12.2 Å². The maximum absolute atomic E-state index is 12.9. The molecule has 0 saturated heterocycles. The van der Waals surface area contributed by atoms with Crippen molar-refractivity contribution in [3.8, 4) is 11.6 Å². The first-order chi connectivity index (χ1) is 15.2. The second kappa shape index (κ2) is 9.52. The highest BCUT2D eigenvalue weighted by Gasteiger charge is 2.33. The Bertz CT molecular complexity index is 1140. The predicted octanol–water partition coefficient (Wildman–Crippen LogP) is 4.94. The van der Waals surface area contributed by atoms with Crippen LogP contribution in [0.5, 0.6) is 11.6 Å². The van der Waals surface area contributed by atoms with E-state index in [0.717, 1.165) is 12.1 Å². The number of alkyl halides is 3. The fraction of sp³-hybridized carbons (Fsp3) is 0.100. The lowest BCUT2D eigenvalue weighted by Gasteiger charge is -2.12. The fourth-order valence-corrected chi connectivity index (χ4v) is 2.69. The Morgan fingerprint density at radius 2 is 1.66 bits per heavy atom. The van der Waals surface area contributed by atoms with Crippen molar-refractivity contribution in [1.82, 2.24) is 15.3 Å². The molecule has 0 aliphatic rings. The molecule has 12 heteroatoms. The van der Waals surface area contributed by atoms with E-state index in [0.29, 0.717) is 11.4 Å². The lowest BCUT2D eigenvalue weighted by Crippen LogP contribution is -2.20. The predicted molar refractivity (Wildman–Crippen MR) is 111 cm³/mol. The number of nitrogens with zero attached hydrogens (tertiary/aromatic N) is 2. The fourth-order valence-electron chi connectivity index (χ4n) is 2.46. The van der Waals surface area contributed by atoms with E-state index in [1.807, 2.05) is 0 Å². The van der Waals surface area contributed by atoms with Gasteiger partial charge in [0.25, 0.3) is 5.91 Å². The van der Waals surface area contributed by atoms with E-state index in [1.54, 1.807) is 0 Å². The third kappa shape index (κ3) is 5.85. The van der Waals surface area contributed by atoms with Gasteiger partial charge in [0, 0.05) is 30.7 Å². The van der Waals surface area contributed by atoms with Gasteiger partial charge in [-0.3, -0.25) is 4.79 Å². The van der Waals surface area contributed by atoms with Crippen LogP contribution in [0.1, 0.15) is 16.2 Å². The van der Waals surface area contributed by atoms with Crippen molar-refractivity contribution in [1.29, 1.82) is 0 Å². The number of halogens is 4. The number of benzene rings is 2. The van der Waals surface area contributed by atoms with Gasteiger partial charge in [-0.25, -0.2) is 9.78 Å². The van der Waals surface area contributed by atoms with E-state index in [2.05, 4.69) is 25.9 Å². The number of amides is 3. The van der Waals surface area contributed by atoms with Gasteiger partial charge in [0.15, 0.2) is 0 Å². The molecule has 0 fully saturated rings. The largest absolute Gasteiger partial charge is 0.439 e. The van der Waals surface area contributed by atoms with Crippen LogP contribution in [-0.4, -0.2) is 29.0 Å². The van der Waals surface area contributed by atoms with Crippen LogP contribution in [0, 0.1) is 0 Å². The Morgan fingerprint density at radius 3 is 2.31 bits per heavy atom. The van der Waals surface area contributed by atoms with Crippen LogP contribution in [-0.2, 0) is 6.18 Å². The van der Waals surface area contributed by atoms with Crippen LogP contribution in [0.4, 0.5) is 29.3 Å². The number of aromatic nitrogens is 2. The summed E-state index contributed by atoms with van der Waals surface area (Å²) in [7, 11) is 1.45. The summed E-state index contributed by atoms with van der Waals surface area (Å²) in [6.07, 6.45) is -3.28. The maximum atomic E-state index is 12.9. The summed E-state index contributed by atoms with van der Waals surface area (Å²) in [5.41, 5.74) is -0.772. The third-order valence-electron chi connectivity index (χ3n) is 3.92. The lowest BCUT2D eigenvalue weighted by atomic mass is 10.2. The summed E-state index contributed by atoms with van der Waals surface area (Å²) >= 11 is 5.56. The molecule has 3 aromatic rings. The molecule has 0 aliphatic heterocycles. The summed E-state index contributed by atoms with van der Waals surface area (Å²) < 4.78 is 44.4. The summed E-state index contributed by atoms with van der Waals surface area (Å²) in [5.74, 6) is -0.0230. The minimum atomic E-state index is -4.65. The number of nitrogens with one attached hydrogen (secondary N) is 3. The van der Waals surface area contributed by atoms with Crippen LogP contribution < -0.4 is 20.7 Å². The summed E-state index contributed by atoms with van der Waals surface area (Å²) in [5, 5.41) is 6.73. The first kappa shape index (κ1) is 22.8. The molecule has 3 amide bonds. The quantitative estimate of drug-likeness (QED) is 0.494. The highest BCUT2D eigenvalue weighted by molar-refractivity contribution is 6.31.